The lowest BCUT2D eigenvalue weighted by Gasteiger charge is -2.14. The van der Waals surface area contributed by atoms with Crippen molar-refractivity contribution in [3.8, 4) is 0 Å². The highest BCUT2D eigenvalue weighted by atomic mass is 32.2. The number of nitrogens with zero attached hydrogens (tertiary/aromatic N) is 1. The second-order valence-electron chi connectivity index (χ2n) is 3.36. The van der Waals surface area contributed by atoms with Gasteiger partial charge >= 0.3 is 0 Å². The van der Waals surface area contributed by atoms with E-state index in [1.165, 1.54) is 18.0 Å². The molecule has 0 fully saturated rings. The molecule has 1 heterocycles. The van der Waals surface area contributed by atoms with Gasteiger partial charge in [0.15, 0.2) is 0 Å². The quantitative estimate of drug-likeness (QED) is 0.696. The molecule has 0 bridgehead atoms. The van der Waals surface area contributed by atoms with E-state index in [0.29, 0.717) is 17.6 Å². The van der Waals surface area contributed by atoms with Crippen molar-refractivity contribution in [2.75, 3.05) is 26.1 Å². The molecule has 0 aromatic carbocycles. The van der Waals surface area contributed by atoms with Crippen LogP contribution in [0.1, 0.15) is 6.92 Å². The minimum absolute atomic E-state index is 0.00797. The average molecular weight is 247 g/mol. The van der Waals surface area contributed by atoms with E-state index in [-0.39, 0.29) is 12.7 Å². The molecule has 0 saturated heterocycles. The molecule has 16 heavy (non-hydrogen) atoms. The van der Waals surface area contributed by atoms with Crippen LogP contribution in [0.3, 0.4) is 0 Å². The lowest BCUT2D eigenvalue weighted by atomic mass is 10.4. The molecule has 0 aliphatic carbocycles. The van der Waals surface area contributed by atoms with E-state index in [4.69, 9.17) is 13.9 Å². The Kier molecular flexibility index (Phi) is 6.47. The summed E-state index contributed by atoms with van der Waals surface area (Å²) in [5.41, 5.74) is 0. The van der Waals surface area contributed by atoms with Crippen LogP contribution in [0.2, 0.25) is 0 Å². The number of aliphatic hydroxyl groups excluding tert-OH is 1. The minimum Gasteiger partial charge on any atom is -0.440 e. The Morgan fingerprint density at radius 2 is 2.38 bits per heavy atom. The smallest absolute Gasteiger partial charge is 0.255 e. The monoisotopic (exact) mass is 247 g/mol. The molecule has 92 valence electrons. The summed E-state index contributed by atoms with van der Waals surface area (Å²) in [5, 5.41) is 10.2. The van der Waals surface area contributed by atoms with Gasteiger partial charge in [0.1, 0.15) is 6.26 Å². The van der Waals surface area contributed by atoms with E-state index < -0.39 is 6.10 Å². The van der Waals surface area contributed by atoms with Gasteiger partial charge in [0.25, 0.3) is 5.22 Å². The van der Waals surface area contributed by atoms with E-state index in [0.717, 1.165) is 0 Å². The molecular formula is C10H17NO4S. The minimum atomic E-state index is -0.531. The summed E-state index contributed by atoms with van der Waals surface area (Å²) in [5.74, 6) is 0.500. The van der Waals surface area contributed by atoms with Gasteiger partial charge in [-0.05, 0) is 6.92 Å². The molecule has 1 rings (SSSR count). The summed E-state index contributed by atoms with van der Waals surface area (Å²) in [6, 6.07) is 0. The number of oxazole rings is 1. The number of thioether (sulfide) groups is 1. The molecule has 5 nitrogen and oxygen atoms in total. The number of hydrogen-bond donors (Lipinski definition) is 1. The number of aromatic nitrogens is 1. The predicted octanol–water partition coefficient (Wildman–Crippen LogP) is 1.18. The van der Waals surface area contributed by atoms with Crippen molar-refractivity contribution in [2.24, 2.45) is 0 Å². The first-order chi connectivity index (χ1) is 7.72. The Balaban J connectivity index is 2.09. The zero-order chi connectivity index (χ0) is 11.8. The molecule has 0 aliphatic rings. The zero-order valence-electron chi connectivity index (χ0n) is 9.46. The zero-order valence-corrected chi connectivity index (χ0v) is 10.3. The van der Waals surface area contributed by atoms with Crippen LogP contribution in [-0.4, -0.2) is 48.4 Å². The van der Waals surface area contributed by atoms with Crippen LogP contribution in [0.5, 0.6) is 0 Å². The third-order valence-corrected chi connectivity index (χ3v) is 2.78. The highest BCUT2D eigenvalue weighted by Crippen LogP contribution is 2.15. The fourth-order valence-electron chi connectivity index (χ4n) is 1.06. The number of rotatable bonds is 8. The molecule has 0 aliphatic heterocycles. The molecular weight excluding hydrogens is 230 g/mol. The third-order valence-electron chi connectivity index (χ3n) is 1.78. The first kappa shape index (κ1) is 13.5. The van der Waals surface area contributed by atoms with Crippen LogP contribution < -0.4 is 0 Å². The van der Waals surface area contributed by atoms with Crippen molar-refractivity contribution in [3.63, 3.8) is 0 Å². The second kappa shape index (κ2) is 7.67. The fraction of sp³-hybridized carbons (Fsp3) is 0.700. The fourth-order valence-corrected chi connectivity index (χ4v) is 1.75. The Morgan fingerprint density at radius 3 is 3.00 bits per heavy atom. The van der Waals surface area contributed by atoms with Gasteiger partial charge in [-0.1, -0.05) is 11.8 Å². The van der Waals surface area contributed by atoms with Gasteiger partial charge in [0.2, 0.25) is 0 Å². The SMILES string of the molecule is COCC(C)OCC(O)CSc1ncco1. The van der Waals surface area contributed by atoms with Gasteiger partial charge in [0, 0.05) is 12.9 Å². The van der Waals surface area contributed by atoms with Crippen molar-refractivity contribution in [1.29, 1.82) is 0 Å². The number of aliphatic hydroxyl groups is 1. The summed E-state index contributed by atoms with van der Waals surface area (Å²) in [6.07, 6.45) is 2.54. The molecule has 1 aromatic heterocycles. The van der Waals surface area contributed by atoms with Gasteiger partial charge < -0.3 is 19.0 Å². The van der Waals surface area contributed by atoms with E-state index >= 15 is 0 Å². The van der Waals surface area contributed by atoms with E-state index in [1.54, 1.807) is 13.3 Å². The average Bonchev–Trinajstić information content (AvgIpc) is 2.77. The summed E-state index contributed by atoms with van der Waals surface area (Å²) < 4.78 is 15.3. The second-order valence-corrected chi connectivity index (χ2v) is 4.33. The first-order valence-corrected chi connectivity index (χ1v) is 6.01. The summed E-state index contributed by atoms with van der Waals surface area (Å²) >= 11 is 1.36. The molecule has 0 amide bonds. The van der Waals surface area contributed by atoms with Gasteiger partial charge in [-0.2, -0.15) is 0 Å². The first-order valence-electron chi connectivity index (χ1n) is 5.03. The topological polar surface area (TPSA) is 64.7 Å². The molecule has 0 saturated carbocycles. The Morgan fingerprint density at radius 1 is 1.56 bits per heavy atom. The van der Waals surface area contributed by atoms with Crippen LogP contribution in [0.4, 0.5) is 0 Å². The molecule has 2 unspecified atom stereocenters. The van der Waals surface area contributed by atoms with Crippen molar-refractivity contribution in [3.05, 3.63) is 12.5 Å². The largest absolute Gasteiger partial charge is 0.440 e. The maximum atomic E-state index is 9.61. The van der Waals surface area contributed by atoms with Crippen LogP contribution in [-0.2, 0) is 9.47 Å². The highest BCUT2D eigenvalue weighted by Gasteiger charge is 2.10. The van der Waals surface area contributed by atoms with Crippen LogP contribution in [0.15, 0.2) is 22.1 Å². The van der Waals surface area contributed by atoms with Gasteiger partial charge in [0.05, 0.1) is 31.6 Å². The Labute approximate surface area is 99.1 Å². The van der Waals surface area contributed by atoms with Crippen LogP contribution in [0.25, 0.3) is 0 Å². The van der Waals surface area contributed by atoms with Crippen molar-refractivity contribution >= 4 is 11.8 Å². The van der Waals surface area contributed by atoms with Gasteiger partial charge in [-0.25, -0.2) is 4.98 Å². The number of ether oxygens (including phenoxy) is 2. The number of methoxy groups -OCH3 is 1. The standard InChI is InChI=1S/C10H17NO4S/c1-8(5-13-2)15-6-9(12)7-16-10-11-3-4-14-10/h3-4,8-9,12H,5-7H2,1-2H3. The van der Waals surface area contributed by atoms with Gasteiger partial charge in [-0.15, -0.1) is 0 Å². The molecule has 1 aromatic rings. The molecule has 6 heteroatoms. The molecule has 0 spiro atoms. The maximum Gasteiger partial charge on any atom is 0.255 e. The van der Waals surface area contributed by atoms with Crippen LogP contribution in [0, 0.1) is 0 Å². The van der Waals surface area contributed by atoms with Crippen LogP contribution >= 0.6 is 11.8 Å². The summed E-state index contributed by atoms with van der Waals surface area (Å²) in [6.45, 7) is 2.72. The normalized spacial score (nSPS) is 14.9. The third kappa shape index (κ3) is 5.50. The number of hydrogen-bond acceptors (Lipinski definition) is 6. The van der Waals surface area contributed by atoms with Crippen molar-refractivity contribution in [1.82, 2.24) is 4.98 Å². The predicted molar refractivity (Wildman–Crippen MR) is 60.5 cm³/mol. The van der Waals surface area contributed by atoms with Crippen molar-refractivity contribution in [2.45, 2.75) is 24.4 Å². The Bertz CT molecular complexity index is 268. The van der Waals surface area contributed by atoms with Crippen molar-refractivity contribution < 1.29 is 19.0 Å². The Hall–Kier alpha value is -0.560. The lowest BCUT2D eigenvalue weighted by molar-refractivity contribution is -0.0257. The summed E-state index contributed by atoms with van der Waals surface area (Å²) in [7, 11) is 1.62. The molecule has 1 N–H and O–H groups in total. The summed E-state index contributed by atoms with van der Waals surface area (Å²) in [4.78, 5) is 3.94. The highest BCUT2D eigenvalue weighted by molar-refractivity contribution is 7.99. The van der Waals surface area contributed by atoms with Gasteiger partial charge in [-0.3, -0.25) is 0 Å². The van der Waals surface area contributed by atoms with E-state index in [1.807, 2.05) is 6.92 Å². The van der Waals surface area contributed by atoms with E-state index in [9.17, 15) is 5.11 Å². The molecule has 2 atom stereocenters. The maximum absolute atomic E-state index is 9.61. The lowest BCUT2D eigenvalue weighted by Crippen LogP contribution is -2.24. The van der Waals surface area contributed by atoms with E-state index in [2.05, 4.69) is 4.98 Å². The molecule has 0 radical (unpaired) electrons.